The zero-order valence-corrected chi connectivity index (χ0v) is 13.6. The zero-order chi connectivity index (χ0) is 18.8. The number of benzene rings is 2. The summed E-state index contributed by atoms with van der Waals surface area (Å²) in [7, 11) is -4.44. The Morgan fingerprint density at radius 1 is 1.08 bits per heavy atom. The smallest absolute Gasteiger partial charge is 0.418 e. The number of halogens is 6. The molecule has 2 aromatic rings. The molecule has 0 bridgehead atoms. The maximum absolute atomic E-state index is 12.9. The molecular formula is C14H9ClF5NO3S. The van der Waals surface area contributed by atoms with Gasteiger partial charge >= 0.3 is 12.8 Å². The summed E-state index contributed by atoms with van der Waals surface area (Å²) < 4.78 is 93.4. The first kappa shape index (κ1) is 19.3. The highest BCUT2D eigenvalue weighted by molar-refractivity contribution is 7.92. The molecule has 0 aromatic heterocycles. The van der Waals surface area contributed by atoms with Crippen molar-refractivity contribution in [3.63, 3.8) is 0 Å². The number of sulfonamides is 1. The van der Waals surface area contributed by atoms with Crippen LogP contribution in [0.1, 0.15) is 5.56 Å². The first-order valence-corrected chi connectivity index (χ1v) is 8.30. The van der Waals surface area contributed by atoms with E-state index in [1.54, 1.807) is 4.72 Å². The summed E-state index contributed by atoms with van der Waals surface area (Å²) in [6.45, 7) is -3.17. The molecular weight excluding hydrogens is 393 g/mol. The first-order chi connectivity index (χ1) is 11.5. The van der Waals surface area contributed by atoms with E-state index in [0.29, 0.717) is 6.07 Å². The van der Waals surface area contributed by atoms with E-state index in [9.17, 15) is 30.4 Å². The van der Waals surface area contributed by atoms with Gasteiger partial charge in [-0.15, -0.1) is 0 Å². The van der Waals surface area contributed by atoms with Crippen molar-refractivity contribution in [2.24, 2.45) is 0 Å². The molecule has 0 spiro atoms. The maximum atomic E-state index is 12.9. The van der Waals surface area contributed by atoms with Gasteiger partial charge in [0, 0.05) is 0 Å². The summed E-state index contributed by atoms with van der Waals surface area (Å²) in [6, 6.07) is 6.52. The van der Waals surface area contributed by atoms with Crippen LogP contribution in [0.5, 0.6) is 5.75 Å². The van der Waals surface area contributed by atoms with Crippen molar-refractivity contribution < 1.29 is 35.1 Å². The summed E-state index contributed by atoms with van der Waals surface area (Å²) in [5, 5.41) is -0.438. The number of hydrogen-bond donors (Lipinski definition) is 1. The van der Waals surface area contributed by atoms with E-state index >= 15 is 0 Å². The molecule has 2 rings (SSSR count). The summed E-state index contributed by atoms with van der Waals surface area (Å²) >= 11 is 5.66. The van der Waals surface area contributed by atoms with Gasteiger partial charge < -0.3 is 4.74 Å². The van der Waals surface area contributed by atoms with Crippen LogP contribution in [0.4, 0.5) is 27.6 Å². The molecule has 2 aromatic carbocycles. The minimum Gasteiger partial charge on any atom is -0.433 e. The minimum atomic E-state index is -4.77. The zero-order valence-electron chi connectivity index (χ0n) is 12.0. The van der Waals surface area contributed by atoms with Crippen LogP contribution in [-0.4, -0.2) is 15.0 Å². The molecule has 0 fully saturated rings. The molecule has 11 heteroatoms. The number of ether oxygens (including phenoxy) is 1. The van der Waals surface area contributed by atoms with E-state index < -0.39 is 49.7 Å². The highest BCUT2D eigenvalue weighted by Crippen LogP contribution is 2.36. The third kappa shape index (κ3) is 4.73. The van der Waals surface area contributed by atoms with Crippen molar-refractivity contribution >= 4 is 27.3 Å². The van der Waals surface area contributed by atoms with Gasteiger partial charge in [-0.3, -0.25) is 4.72 Å². The highest BCUT2D eigenvalue weighted by atomic mass is 35.5. The lowest BCUT2D eigenvalue weighted by Gasteiger charge is -2.15. The molecule has 0 radical (unpaired) electrons. The molecule has 0 saturated heterocycles. The number of para-hydroxylation sites is 1. The van der Waals surface area contributed by atoms with Crippen LogP contribution >= 0.6 is 11.6 Å². The Labute approximate surface area is 144 Å². The average Bonchev–Trinajstić information content (AvgIpc) is 2.48. The monoisotopic (exact) mass is 401 g/mol. The quantitative estimate of drug-likeness (QED) is 0.735. The number of anilines is 1. The normalized spacial score (nSPS) is 12.3. The Bertz CT molecular complexity index is 871. The van der Waals surface area contributed by atoms with E-state index in [0.717, 1.165) is 30.3 Å². The predicted octanol–water partition coefficient (Wildman–Crippen LogP) is 4.76. The van der Waals surface area contributed by atoms with Crippen LogP contribution in [0.25, 0.3) is 0 Å². The van der Waals surface area contributed by atoms with Gasteiger partial charge in [0.05, 0.1) is 21.2 Å². The lowest BCUT2D eigenvalue weighted by Crippen LogP contribution is -2.17. The van der Waals surface area contributed by atoms with Gasteiger partial charge in [-0.1, -0.05) is 23.7 Å². The molecule has 0 heterocycles. The minimum absolute atomic E-state index is 0.438. The van der Waals surface area contributed by atoms with Crippen LogP contribution in [0.15, 0.2) is 47.4 Å². The average molecular weight is 402 g/mol. The van der Waals surface area contributed by atoms with Gasteiger partial charge in [0.25, 0.3) is 10.0 Å². The first-order valence-electron chi connectivity index (χ1n) is 6.44. The highest BCUT2D eigenvalue weighted by Gasteiger charge is 2.34. The molecule has 0 saturated carbocycles. The van der Waals surface area contributed by atoms with Gasteiger partial charge in [0.2, 0.25) is 0 Å². The van der Waals surface area contributed by atoms with Crippen molar-refractivity contribution in [3.8, 4) is 5.75 Å². The second-order valence-electron chi connectivity index (χ2n) is 4.62. The van der Waals surface area contributed by atoms with Gasteiger partial charge in [0.15, 0.2) is 0 Å². The summed E-state index contributed by atoms with van der Waals surface area (Å²) in [5.74, 6) is -0.466. The fourth-order valence-corrected chi connectivity index (χ4v) is 3.26. The van der Waals surface area contributed by atoms with Crippen LogP contribution in [0, 0.1) is 0 Å². The van der Waals surface area contributed by atoms with Crippen LogP contribution in [0.3, 0.4) is 0 Å². The van der Waals surface area contributed by atoms with Crippen molar-refractivity contribution in [2.45, 2.75) is 17.7 Å². The molecule has 0 aliphatic heterocycles. The molecule has 0 atom stereocenters. The van der Waals surface area contributed by atoms with Gasteiger partial charge in [-0.05, 0) is 30.3 Å². The van der Waals surface area contributed by atoms with E-state index in [-0.39, 0.29) is 0 Å². The predicted molar refractivity (Wildman–Crippen MR) is 80.3 cm³/mol. The summed E-state index contributed by atoms with van der Waals surface area (Å²) in [6.07, 6.45) is -4.77. The van der Waals surface area contributed by atoms with Crippen molar-refractivity contribution in [2.75, 3.05) is 4.72 Å². The summed E-state index contributed by atoms with van der Waals surface area (Å²) in [4.78, 5) is -0.518. The van der Waals surface area contributed by atoms with Gasteiger partial charge in [0.1, 0.15) is 5.75 Å². The number of nitrogens with one attached hydrogen (secondary N) is 1. The molecule has 0 amide bonds. The Kier molecular flexibility index (Phi) is 5.43. The van der Waals surface area contributed by atoms with Gasteiger partial charge in [-0.2, -0.15) is 22.0 Å². The van der Waals surface area contributed by atoms with Crippen molar-refractivity contribution in [1.82, 2.24) is 0 Å². The van der Waals surface area contributed by atoms with E-state index in [1.807, 2.05) is 0 Å². The van der Waals surface area contributed by atoms with E-state index in [2.05, 4.69) is 4.74 Å². The maximum Gasteiger partial charge on any atom is 0.418 e. The molecule has 0 unspecified atom stereocenters. The third-order valence-electron chi connectivity index (χ3n) is 2.91. The van der Waals surface area contributed by atoms with Gasteiger partial charge in [-0.25, -0.2) is 8.42 Å². The third-order valence-corrected chi connectivity index (χ3v) is 4.57. The lowest BCUT2D eigenvalue weighted by molar-refractivity contribution is -0.136. The fraction of sp³-hybridized carbons (Fsp3) is 0.143. The molecule has 25 heavy (non-hydrogen) atoms. The van der Waals surface area contributed by atoms with Crippen molar-refractivity contribution in [3.05, 3.63) is 53.1 Å². The largest absolute Gasteiger partial charge is 0.433 e. The lowest BCUT2D eigenvalue weighted by atomic mass is 10.2. The van der Waals surface area contributed by atoms with E-state index in [1.165, 1.54) is 6.07 Å². The van der Waals surface area contributed by atoms with Crippen LogP contribution < -0.4 is 9.46 Å². The van der Waals surface area contributed by atoms with E-state index in [4.69, 9.17) is 11.6 Å². The number of alkyl halides is 5. The number of hydrogen-bond acceptors (Lipinski definition) is 3. The number of rotatable bonds is 5. The standard InChI is InChI=1S/C14H9ClF5NO3S/c15-10-7-8(5-6-12(10)24-13(16)17)25(22,23)21-11-4-2-1-3-9(11)14(18,19)20/h1-7,13,21H. The van der Waals surface area contributed by atoms with Crippen LogP contribution in [-0.2, 0) is 16.2 Å². The molecule has 0 aliphatic carbocycles. The van der Waals surface area contributed by atoms with Crippen LogP contribution in [0.2, 0.25) is 5.02 Å². The topological polar surface area (TPSA) is 55.4 Å². The summed E-state index contributed by atoms with van der Waals surface area (Å²) in [5.41, 5.74) is -1.86. The Balaban J connectivity index is 2.37. The molecule has 0 aliphatic rings. The Hall–Kier alpha value is -2.07. The Morgan fingerprint density at radius 3 is 2.28 bits per heavy atom. The Morgan fingerprint density at radius 2 is 1.72 bits per heavy atom. The van der Waals surface area contributed by atoms with Crippen molar-refractivity contribution in [1.29, 1.82) is 0 Å². The SMILES string of the molecule is O=S(=O)(Nc1ccccc1C(F)(F)F)c1ccc(OC(F)F)c(Cl)c1. The second kappa shape index (κ2) is 7.04. The second-order valence-corrected chi connectivity index (χ2v) is 6.71. The fourth-order valence-electron chi connectivity index (χ4n) is 1.86. The molecule has 4 nitrogen and oxygen atoms in total. The molecule has 136 valence electrons. The molecule has 1 N–H and O–H groups in total.